The number of ketones is 1. The number of hydrogen-bond donors (Lipinski definition) is 2. The van der Waals surface area contributed by atoms with E-state index in [0.717, 1.165) is 12.8 Å². The Kier molecular flexibility index (Phi) is 6.61. The summed E-state index contributed by atoms with van der Waals surface area (Å²) in [6.07, 6.45) is 10.4. The summed E-state index contributed by atoms with van der Waals surface area (Å²) >= 11 is 0. The Hall–Kier alpha value is -1.32. The second-order valence-electron chi connectivity index (χ2n) is 17.5. The molecule has 0 heterocycles. The molecule has 4 saturated carbocycles. The molecule has 4 nitrogen and oxygen atoms in total. The van der Waals surface area contributed by atoms with Crippen LogP contribution >= 0.6 is 0 Å². The molecule has 5 aliphatic carbocycles. The van der Waals surface area contributed by atoms with Gasteiger partial charge in [-0.25, -0.2) is 4.79 Å². The summed E-state index contributed by atoms with van der Waals surface area (Å²) in [7, 11) is 0. The van der Waals surface area contributed by atoms with Crippen LogP contribution in [0.5, 0.6) is 0 Å². The molecule has 4 heteroatoms. The summed E-state index contributed by atoms with van der Waals surface area (Å²) in [4.78, 5) is 26.2. The monoisotopic (exact) mass is 538 g/mol. The molecular formula is C35H58N2O2. The summed E-state index contributed by atoms with van der Waals surface area (Å²) in [6.45, 7) is 25.8. The topological polar surface area (TPSA) is 58.2 Å². The molecule has 5 rings (SSSR count). The predicted molar refractivity (Wildman–Crippen MR) is 160 cm³/mol. The number of carbonyl (C=O) groups is 2. The van der Waals surface area contributed by atoms with Crippen molar-refractivity contribution in [2.75, 3.05) is 0 Å². The lowest BCUT2D eigenvalue weighted by Gasteiger charge is -2.72. The molecule has 0 saturated heterocycles. The van der Waals surface area contributed by atoms with Gasteiger partial charge in [-0.1, -0.05) is 61.0 Å². The van der Waals surface area contributed by atoms with E-state index in [1.807, 2.05) is 20.8 Å². The molecule has 0 radical (unpaired) electrons. The largest absolute Gasteiger partial charge is 0.335 e. The molecule has 1 unspecified atom stereocenters. The molecule has 5 aliphatic rings. The molecule has 0 aliphatic heterocycles. The van der Waals surface area contributed by atoms with Gasteiger partial charge >= 0.3 is 6.03 Å². The number of allylic oxidation sites excluding steroid dienone is 2. The first-order chi connectivity index (χ1) is 17.8. The average molecular weight is 539 g/mol. The maximum Gasteiger partial charge on any atom is 0.315 e. The van der Waals surface area contributed by atoms with E-state index in [1.54, 1.807) is 5.57 Å². The summed E-state index contributed by atoms with van der Waals surface area (Å²) in [6, 6.07) is 0.177. The highest BCUT2D eigenvalue weighted by molar-refractivity contribution is 6.00. The standard InChI is InChI=1S/C35H58N2O2/c1-21(2)27-23(38)20-32(8)18-19-34(10)22(28(27)32)12-13-25-33(9)16-15-26(36-29(39)37-30(3,4)5)31(6,7)24(33)14-17-35(25,34)11/h21-22,24-26H,12-20H2,1-11H3,(H2,36,37,39)/t22-,24+,25-,26?,32+,33+,34-,35-/m1/s1. The predicted octanol–water partition coefficient (Wildman–Crippen LogP) is 8.45. The van der Waals surface area contributed by atoms with Gasteiger partial charge in [0, 0.05) is 18.0 Å². The van der Waals surface area contributed by atoms with Gasteiger partial charge in [-0.3, -0.25) is 4.79 Å². The van der Waals surface area contributed by atoms with Crippen LogP contribution in [0.15, 0.2) is 11.1 Å². The fraction of sp³-hybridized carbons (Fsp3) is 0.886. The first kappa shape index (κ1) is 29.2. The molecule has 8 atom stereocenters. The highest BCUT2D eigenvalue weighted by Crippen LogP contribution is 2.76. The number of nitrogens with one attached hydrogen (secondary N) is 2. The van der Waals surface area contributed by atoms with Crippen molar-refractivity contribution >= 4 is 11.8 Å². The molecule has 2 amide bonds. The lowest BCUT2D eigenvalue weighted by atomic mass is 9.33. The van der Waals surface area contributed by atoms with E-state index in [2.05, 4.69) is 66.0 Å². The van der Waals surface area contributed by atoms with Gasteiger partial charge in [0.25, 0.3) is 0 Å². The van der Waals surface area contributed by atoms with E-state index < -0.39 is 0 Å². The van der Waals surface area contributed by atoms with Crippen molar-refractivity contribution in [3.63, 3.8) is 0 Å². The summed E-state index contributed by atoms with van der Waals surface area (Å²) in [5.41, 5.74) is 3.51. The molecule has 0 spiro atoms. The molecule has 4 fully saturated rings. The van der Waals surface area contributed by atoms with Crippen LogP contribution in [0.25, 0.3) is 0 Å². The maximum atomic E-state index is 13.3. The zero-order valence-corrected chi connectivity index (χ0v) is 27.1. The lowest BCUT2D eigenvalue weighted by molar-refractivity contribution is -0.215. The summed E-state index contributed by atoms with van der Waals surface area (Å²) in [5.74, 6) is 2.61. The van der Waals surface area contributed by atoms with Crippen LogP contribution in [-0.2, 0) is 4.79 Å². The third-order valence-electron chi connectivity index (χ3n) is 13.6. The lowest BCUT2D eigenvalue weighted by Crippen LogP contribution is -2.67. The van der Waals surface area contributed by atoms with Crippen LogP contribution in [0.2, 0.25) is 0 Å². The molecule has 0 bridgehead atoms. The van der Waals surface area contributed by atoms with Gasteiger partial charge in [0.2, 0.25) is 0 Å². The quantitative estimate of drug-likeness (QED) is 0.370. The molecule has 0 aromatic heterocycles. The van der Waals surface area contributed by atoms with Crippen LogP contribution in [0.4, 0.5) is 4.79 Å². The van der Waals surface area contributed by atoms with Crippen molar-refractivity contribution in [1.29, 1.82) is 0 Å². The average Bonchev–Trinajstić information content (AvgIpc) is 3.05. The number of amides is 2. The van der Waals surface area contributed by atoms with Gasteiger partial charge in [0.15, 0.2) is 5.78 Å². The first-order valence-corrected chi connectivity index (χ1v) is 16.2. The van der Waals surface area contributed by atoms with Crippen LogP contribution in [0, 0.1) is 50.7 Å². The molecule has 2 N–H and O–H groups in total. The number of Topliss-reactive ketones (excluding diaryl/α,β-unsaturated/α-hetero) is 1. The Morgan fingerprint density at radius 2 is 1.51 bits per heavy atom. The number of urea groups is 1. The van der Waals surface area contributed by atoms with Crippen molar-refractivity contribution in [1.82, 2.24) is 10.6 Å². The molecule has 220 valence electrons. The van der Waals surface area contributed by atoms with Crippen LogP contribution in [-0.4, -0.2) is 23.4 Å². The van der Waals surface area contributed by atoms with Crippen molar-refractivity contribution < 1.29 is 9.59 Å². The number of carbonyl (C=O) groups excluding carboxylic acids is 2. The molecular weight excluding hydrogens is 480 g/mol. The zero-order chi connectivity index (χ0) is 29.0. The maximum absolute atomic E-state index is 13.3. The van der Waals surface area contributed by atoms with Crippen molar-refractivity contribution in [3.8, 4) is 0 Å². The van der Waals surface area contributed by atoms with Gasteiger partial charge < -0.3 is 10.6 Å². The van der Waals surface area contributed by atoms with Crippen LogP contribution in [0.3, 0.4) is 0 Å². The molecule has 0 aromatic rings. The fourth-order valence-corrected chi connectivity index (χ4v) is 11.7. The van der Waals surface area contributed by atoms with Gasteiger partial charge in [-0.15, -0.1) is 0 Å². The van der Waals surface area contributed by atoms with Gasteiger partial charge in [-0.2, -0.15) is 0 Å². The molecule has 0 aromatic carbocycles. The Balaban J connectivity index is 1.46. The van der Waals surface area contributed by atoms with E-state index in [4.69, 9.17) is 0 Å². The second-order valence-corrected chi connectivity index (χ2v) is 17.5. The van der Waals surface area contributed by atoms with Crippen LogP contribution < -0.4 is 10.6 Å². The number of fused-ring (bicyclic) bond motifs is 7. The normalized spacial score (nSPS) is 45.3. The molecule has 39 heavy (non-hydrogen) atoms. The van der Waals surface area contributed by atoms with E-state index in [9.17, 15) is 9.59 Å². The highest BCUT2D eigenvalue weighted by atomic mass is 16.2. The highest BCUT2D eigenvalue weighted by Gasteiger charge is 2.69. The van der Waals surface area contributed by atoms with Gasteiger partial charge in [0.05, 0.1) is 0 Å². The minimum atomic E-state index is -0.233. The minimum absolute atomic E-state index is 0.0246. The first-order valence-electron chi connectivity index (χ1n) is 16.2. The van der Waals surface area contributed by atoms with Gasteiger partial charge in [-0.05, 0) is 128 Å². The van der Waals surface area contributed by atoms with Crippen molar-refractivity contribution in [2.45, 2.75) is 146 Å². The minimum Gasteiger partial charge on any atom is -0.335 e. The zero-order valence-electron chi connectivity index (χ0n) is 27.1. The number of hydrogen-bond acceptors (Lipinski definition) is 2. The Morgan fingerprint density at radius 1 is 0.846 bits per heavy atom. The van der Waals surface area contributed by atoms with Crippen molar-refractivity contribution in [2.24, 2.45) is 50.7 Å². The Morgan fingerprint density at radius 3 is 2.13 bits per heavy atom. The fourth-order valence-electron chi connectivity index (χ4n) is 11.7. The number of rotatable bonds is 2. The van der Waals surface area contributed by atoms with E-state index >= 15 is 0 Å². The second kappa shape index (κ2) is 8.84. The van der Waals surface area contributed by atoms with E-state index in [-0.39, 0.29) is 44.7 Å². The third-order valence-corrected chi connectivity index (χ3v) is 13.6. The van der Waals surface area contributed by atoms with E-state index in [0.29, 0.717) is 29.5 Å². The summed E-state index contributed by atoms with van der Waals surface area (Å²) < 4.78 is 0. The van der Waals surface area contributed by atoms with Crippen molar-refractivity contribution in [3.05, 3.63) is 11.1 Å². The van der Waals surface area contributed by atoms with E-state index in [1.165, 1.54) is 50.5 Å². The Bertz CT molecular complexity index is 1080. The SMILES string of the molecule is CC(C)C1=C2[C@H]3CC[C@@H]4[C@@]5(C)CCC(NC(=O)NC(C)(C)C)C(C)(C)[C@@H]5CC[C@@]4(C)[C@]3(C)CC[C@@]2(C)CC1=O. The Labute approximate surface area is 239 Å². The summed E-state index contributed by atoms with van der Waals surface area (Å²) in [5, 5.41) is 6.54. The van der Waals surface area contributed by atoms with Crippen LogP contribution in [0.1, 0.15) is 134 Å². The van der Waals surface area contributed by atoms with Gasteiger partial charge in [0.1, 0.15) is 0 Å². The smallest absolute Gasteiger partial charge is 0.315 e. The third kappa shape index (κ3) is 4.10.